The Morgan fingerprint density at radius 3 is 2.88 bits per heavy atom. The van der Waals surface area contributed by atoms with Crippen LogP contribution in [-0.4, -0.2) is 55.4 Å². The summed E-state index contributed by atoms with van der Waals surface area (Å²) in [7, 11) is 0. The summed E-state index contributed by atoms with van der Waals surface area (Å²) < 4.78 is 11.4. The molecule has 0 unspecified atom stereocenters. The van der Waals surface area contributed by atoms with Crippen molar-refractivity contribution in [2.75, 3.05) is 26.3 Å². The average Bonchev–Trinajstić information content (AvgIpc) is 3.15. The highest BCUT2D eigenvalue weighted by atomic mass is 16.5. The average molecular weight is 346 g/mol. The van der Waals surface area contributed by atoms with E-state index in [4.69, 9.17) is 9.47 Å². The Hall–Kier alpha value is -1.43. The van der Waals surface area contributed by atoms with Crippen molar-refractivity contribution in [3.05, 3.63) is 35.9 Å². The third-order valence-electron chi connectivity index (χ3n) is 5.03. The molecule has 2 heterocycles. The fraction of sp³-hybridized carbons (Fsp3) is 0.650. The predicted molar refractivity (Wildman–Crippen MR) is 97.3 cm³/mol. The molecule has 0 aromatic heterocycles. The van der Waals surface area contributed by atoms with Crippen LogP contribution in [0.25, 0.3) is 0 Å². The van der Waals surface area contributed by atoms with Gasteiger partial charge in [0.2, 0.25) is 0 Å². The van der Waals surface area contributed by atoms with Crippen molar-refractivity contribution in [2.45, 2.75) is 57.4 Å². The van der Waals surface area contributed by atoms with Gasteiger partial charge in [0.05, 0.1) is 12.7 Å². The number of morpholine rings is 1. The zero-order valence-corrected chi connectivity index (χ0v) is 15.2. The molecule has 5 heteroatoms. The number of hydrogen-bond donors (Lipinski definition) is 1. The van der Waals surface area contributed by atoms with Crippen LogP contribution in [0.5, 0.6) is 0 Å². The number of carbonyl (C=O) groups is 1. The number of hydrogen-bond acceptors (Lipinski definition) is 4. The lowest BCUT2D eigenvalue weighted by molar-refractivity contribution is -0.139. The summed E-state index contributed by atoms with van der Waals surface area (Å²) in [6.45, 7) is 5.94. The smallest absolute Gasteiger partial charge is 0.250 e. The third-order valence-corrected chi connectivity index (χ3v) is 5.03. The molecule has 0 radical (unpaired) electrons. The molecule has 25 heavy (non-hydrogen) atoms. The van der Waals surface area contributed by atoms with E-state index < -0.39 is 0 Å². The first-order chi connectivity index (χ1) is 12.2. The largest absolute Gasteiger partial charge is 0.378 e. The lowest BCUT2D eigenvalue weighted by Gasteiger charge is -2.32. The van der Waals surface area contributed by atoms with Crippen LogP contribution in [0.2, 0.25) is 0 Å². The van der Waals surface area contributed by atoms with Crippen LogP contribution < -0.4 is 5.32 Å². The maximum atomic E-state index is 12.5. The van der Waals surface area contributed by atoms with Gasteiger partial charge in [0.25, 0.3) is 5.91 Å². The molecule has 0 aliphatic carbocycles. The van der Waals surface area contributed by atoms with E-state index in [1.807, 2.05) is 6.07 Å². The van der Waals surface area contributed by atoms with Crippen molar-refractivity contribution >= 4 is 5.91 Å². The molecule has 0 saturated carbocycles. The molecule has 3 rings (SSSR count). The molecule has 1 aromatic rings. The van der Waals surface area contributed by atoms with Gasteiger partial charge >= 0.3 is 0 Å². The van der Waals surface area contributed by atoms with Crippen LogP contribution in [0, 0.1) is 0 Å². The molecule has 0 bridgehead atoms. The van der Waals surface area contributed by atoms with Crippen molar-refractivity contribution < 1.29 is 14.3 Å². The lowest BCUT2D eigenvalue weighted by Crippen LogP contribution is -2.51. The van der Waals surface area contributed by atoms with Crippen molar-refractivity contribution in [2.24, 2.45) is 0 Å². The first kappa shape index (κ1) is 18.4. The second kappa shape index (κ2) is 9.32. The Kier molecular flexibility index (Phi) is 6.84. The van der Waals surface area contributed by atoms with Gasteiger partial charge in [-0.1, -0.05) is 30.3 Å². The van der Waals surface area contributed by atoms with E-state index in [0.29, 0.717) is 19.3 Å². The predicted octanol–water partition coefficient (Wildman–Crippen LogP) is 2.35. The molecule has 1 aromatic carbocycles. The van der Waals surface area contributed by atoms with E-state index in [-0.39, 0.29) is 18.1 Å². The first-order valence-corrected chi connectivity index (χ1v) is 9.50. The van der Waals surface area contributed by atoms with Crippen LogP contribution in [0.1, 0.15) is 38.2 Å². The van der Waals surface area contributed by atoms with Crippen molar-refractivity contribution in [3.8, 4) is 0 Å². The van der Waals surface area contributed by atoms with Gasteiger partial charge in [-0.3, -0.25) is 9.69 Å². The van der Waals surface area contributed by atoms with Gasteiger partial charge in [0, 0.05) is 32.3 Å². The summed E-state index contributed by atoms with van der Waals surface area (Å²) in [5.74, 6) is 0.0117. The van der Waals surface area contributed by atoms with Gasteiger partial charge in [-0.2, -0.15) is 0 Å². The lowest BCUT2D eigenvalue weighted by atomic mass is 10.1. The Morgan fingerprint density at radius 2 is 2.12 bits per heavy atom. The maximum Gasteiger partial charge on any atom is 0.250 e. The number of nitrogens with zero attached hydrogens (tertiary/aromatic N) is 1. The molecular weight excluding hydrogens is 316 g/mol. The van der Waals surface area contributed by atoms with E-state index in [2.05, 4.69) is 41.4 Å². The number of nitrogens with one attached hydrogen (secondary N) is 1. The van der Waals surface area contributed by atoms with Crippen LogP contribution in [0.4, 0.5) is 0 Å². The van der Waals surface area contributed by atoms with E-state index in [9.17, 15) is 4.79 Å². The van der Waals surface area contributed by atoms with Crippen molar-refractivity contribution in [3.63, 3.8) is 0 Å². The summed E-state index contributed by atoms with van der Waals surface area (Å²) in [6.07, 6.45) is 4.30. The second-order valence-corrected chi connectivity index (χ2v) is 7.20. The molecule has 2 fully saturated rings. The van der Waals surface area contributed by atoms with E-state index in [1.54, 1.807) is 0 Å². The second-order valence-electron chi connectivity index (χ2n) is 7.20. The topological polar surface area (TPSA) is 50.8 Å². The maximum absolute atomic E-state index is 12.5. The fourth-order valence-electron chi connectivity index (χ4n) is 3.56. The third kappa shape index (κ3) is 5.80. The molecule has 0 spiro atoms. The molecule has 2 aliphatic heterocycles. The highest BCUT2D eigenvalue weighted by Crippen LogP contribution is 2.18. The Morgan fingerprint density at radius 1 is 1.28 bits per heavy atom. The Labute approximate surface area is 150 Å². The molecule has 1 N–H and O–H groups in total. The zero-order valence-electron chi connectivity index (χ0n) is 15.2. The molecule has 3 atom stereocenters. The summed E-state index contributed by atoms with van der Waals surface area (Å²) in [5, 5.41) is 3.11. The van der Waals surface area contributed by atoms with Crippen LogP contribution >= 0.6 is 0 Å². The molecule has 2 saturated heterocycles. The standard InChI is InChI=1S/C20H30N2O3/c1-16(9-10-18-8-5-12-24-18)21-20(23)19-15-22(11-13-25-19)14-17-6-3-2-4-7-17/h2-4,6-7,16,18-19H,5,8-15H2,1H3,(H,21,23)/t16-,18-,19+/m1/s1. The molecule has 2 aliphatic rings. The van der Waals surface area contributed by atoms with Gasteiger partial charge in [-0.25, -0.2) is 0 Å². The van der Waals surface area contributed by atoms with Gasteiger partial charge in [-0.15, -0.1) is 0 Å². The summed E-state index contributed by atoms with van der Waals surface area (Å²) in [6, 6.07) is 10.5. The van der Waals surface area contributed by atoms with Crippen LogP contribution in [0.3, 0.4) is 0 Å². The van der Waals surface area contributed by atoms with E-state index in [0.717, 1.165) is 39.0 Å². The molecule has 138 valence electrons. The number of amides is 1. The number of benzene rings is 1. The highest BCUT2D eigenvalue weighted by molar-refractivity contribution is 5.81. The van der Waals surface area contributed by atoms with Gasteiger partial charge < -0.3 is 14.8 Å². The van der Waals surface area contributed by atoms with Crippen LogP contribution in [-0.2, 0) is 20.8 Å². The number of rotatable bonds is 7. The molecule has 5 nitrogen and oxygen atoms in total. The zero-order chi connectivity index (χ0) is 17.5. The van der Waals surface area contributed by atoms with Crippen LogP contribution in [0.15, 0.2) is 30.3 Å². The van der Waals surface area contributed by atoms with Gasteiger partial charge in [0.1, 0.15) is 6.10 Å². The number of carbonyl (C=O) groups excluding carboxylic acids is 1. The summed E-state index contributed by atoms with van der Waals surface area (Å²) >= 11 is 0. The quantitative estimate of drug-likeness (QED) is 0.823. The highest BCUT2D eigenvalue weighted by Gasteiger charge is 2.27. The monoisotopic (exact) mass is 346 g/mol. The number of ether oxygens (including phenoxy) is 2. The Balaban J connectivity index is 1.41. The minimum atomic E-state index is -0.373. The van der Waals surface area contributed by atoms with E-state index >= 15 is 0 Å². The van der Waals surface area contributed by atoms with Crippen molar-refractivity contribution in [1.82, 2.24) is 10.2 Å². The van der Waals surface area contributed by atoms with Crippen molar-refractivity contribution in [1.29, 1.82) is 0 Å². The van der Waals surface area contributed by atoms with Gasteiger partial charge in [0.15, 0.2) is 0 Å². The SMILES string of the molecule is C[C@H](CC[C@H]1CCCO1)NC(=O)[C@@H]1CN(Cc2ccccc2)CCO1. The normalized spacial score (nSPS) is 25.6. The molecular formula is C20H30N2O3. The summed E-state index contributed by atoms with van der Waals surface area (Å²) in [5.41, 5.74) is 1.27. The minimum Gasteiger partial charge on any atom is -0.378 e. The fourth-order valence-corrected chi connectivity index (χ4v) is 3.56. The molecule has 1 amide bonds. The minimum absolute atomic E-state index is 0.0117. The van der Waals surface area contributed by atoms with Gasteiger partial charge in [-0.05, 0) is 38.2 Å². The summed E-state index contributed by atoms with van der Waals surface area (Å²) in [4.78, 5) is 14.8. The Bertz CT molecular complexity index is 531. The first-order valence-electron chi connectivity index (χ1n) is 9.50. The van der Waals surface area contributed by atoms with E-state index in [1.165, 1.54) is 12.0 Å².